The lowest BCUT2D eigenvalue weighted by Crippen LogP contribution is -2.58. The fraction of sp³-hybridized carbons (Fsp3) is 0.500. The molecule has 5 heteroatoms. The van der Waals surface area contributed by atoms with E-state index >= 15 is 0 Å². The second kappa shape index (κ2) is 5.06. The average Bonchev–Trinajstić information content (AvgIpc) is 3.31. The maximum absolute atomic E-state index is 12.4. The van der Waals surface area contributed by atoms with Crippen LogP contribution in [0.3, 0.4) is 0 Å². The van der Waals surface area contributed by atoms with Crippen LogP contribution in [0.15, 0.2) is 24.3 Å². The van der Waals surface area contributed by atoms with Gasteiger partial charge in [-0.05, 0) is 43.2 Å². The Balaban J connectivity index is 1.71. The minimum absolute atomic E-state index is 0.0519. The highest BCUT2D eigenvalue weighted by atomic mass is 16.4. The molecule has 1 unspecified atom stereocenters. The molecule has 1 aliphatic carbocycles. The number of carboxylic acid groups (broad SMARTS) is 1. The number of nitrogens with one attached hydrogen (secondary N) is 1. The van der Waals surface area contributed by atoms with Gasteiger partial charge in [-0.25, -0.2) is 9.59 Å². The molecule has 5 nitrogen and oxygen atoms in total. The van der Waals surface area contributed by atoms with Crippen molar-refractivity contribution in [2.24, 2.45) is 5.92 Å². The van der Waals surface area contributed by atoms with Crippen molar-refractivity contribution < 1.29 is 14.7 Å². The second-order valence-corrected chi connectivity index (χ2v) is 6.15. The Labute approximate surface area is 123 Å². The zero-order valence-corrected chi connectivity index (χ0v) is 12.1. The minimum atomic E-state index is -1.14. The Morgan fingerprint density at radius 1 is 1.29 bits per heavy atom. The number of hydrogen-bond acceptors (Lipinski definition) is 2. The van der Waals surface area contributed by atoms with Crippen LogP contribution in [0.2, 0.25) is 0 Å². The first-order chi connectivity index (χ1) is 10.0. The molecule has 0 saturated heterocycles. The normalized spacial score (nSPS) is 20.3. The molecule has 1 aromatic rings. The van der Waals surface area contributed by atoms with Gasteiger partial charge in [0.2, 0.25) is 0 Å². The van der Waals surface area contributed by atoms with Gasteiger partial charge >= 0.3 is 12.0 Å². The lowest BCUT2D eigenvalue weighted by molar-refractivity contribution is -0.144. The summed E-state index contributed by atoms with van der Waals surface area (Å²) in [4.78, 5) is 25.6. The first-order valence-corrected chi connectivity index (χ1v) is 7.38. The third-order valence-corrected chi connectivity index (χ3v) is 4.62. The van der Waals surface area contributed by atoms with Crippen LogP contribution in [-0.2, 0) is 17.8 Å². The molecule has 3 rings (SSSR count). The second-order valence-electron chi connectivity index (χ2n) is 6.15. The number of fused-ring (bicyclic) bond motifs is 1. The zero-order chi connectivity index (χ0) is 15.0. The number of nitrogens with zero attached hydrogens (tertiary/aromatic N) is 1. The van der Waals surface area contributed by atoms with Crippen LogP contribution in [0.5, 0.6) is 0 Å². The smallest absolute Gasteiger partial charge is 0.329 e. The topological polar surface area (TPSA) is 69.6 Å². The molecule has 1 aromatic carbocycles. The number of carbonyl (C=O) groups is 2. The number of benzene rings is 1. The summed E-state index contributed by atoms with van der Waals surface area (Å²) in [7, 11) is 0. The molecule has 112 valence electrons. The van der Waals surface area contributed by atoms with Crippen LogP contribution in [0.25, 0.3) is 0 Å². The maximum atomic E-state index is 12.4. The number of amides is 2. The first-order valence-electron chi connectivity index (χ1n) is 7.38. The first kappa shape index (κ1) is 13.9. The molecule has 2 amide bonds. The third-order valence-electron chi connectivity index (χ3n) is 4.62. The van der Waals surface area contributed by atoms with Gasteiger partial charge in [-0.15, -0.1) is 0 Å². The monoisotopic (exact) mass is 288 g/mol. The summed E-state index contributed by atoms with van der Waals surface area (Å²) in [5.74, 6) is -0.896. The maximum Gasteiger partial charge on any atom is 0.329 e. The van der Waals surface area contributed by atoms with Gasteiger partial charge in [-0.1, -0.05) is 24.3 Å². The molecular weight excluding hydrogens is 268 g/mol. The Kier molecular flexibility index (Phi) is 3.35. The third kappa shape index (κ3) is 2.60. The largest absolute Gasteiger partial charge is 0.480 e. The Morgan fingerprint density at radius 3 is 2.57 bits per heavy atom. The van der Waals surface area contributed by atoms with Gasteiger partial charge in [0.05, 0.1) is 0 Å². The molecular formula is C16H20N2O3. The summed E-state index contributed by atoms with van der Waals surface area (Å²) in [6, 6.07) is 7.79. The molecule has 2 aliphatic rings. The van der Waals surface area contributed by atoms with Gasteiger partial charge in [-0.2, -0.15) is 0 Å². The average molecular weight is 288 g/mol. The molecule has 21 heavy (non-hydrogen) atoms. The van der Waals surface area contributed by atoms with Crippen molar-refractivity contribution in [3.63, 3.8) is 0 Å². The summed E-state index contributed by atoms with van der Waals surface area (Å²) in [6.45, 7) is 2.79. The van der Waals surface area contributed by atoms with E-state index in [1.807, 2.05) is 18.2 Å². The van der Waals surface area contributed by atoms with Gasteiger partial charge in [-0.3, -0.25) is 0 Å². The van der Waals surface area contributed by atoms with E-state index in [9.17, 15) is 14.7 Å². The van der Waals surface area contributed by atoms with E-state index < -0.39 is 11.5 Å². The van der Waals surface area contributed by atoms with E-state index in [0.29, 0.717) is 13.1 Å². The van der Waals surface area contributed by atoms with E-state index in [4.69, 9.17) is 0 Å². The van der Waals surface area contributed by atoms with Crippen LogP contribution in [0, 0.1) is 5.92 Å². The molecule has 1 heterocycles. The summed E-state index contributed by atoms with van der Waals surface area (Å²) in [5.41, 5.74) is 1.26. The Hall–Kier alpha value is -2.04. The van der Waals surface area contributed by atoms with Crippen molar-refractivity contribution in [1.29, 1.82) is 0 Å². The molecule has 0 radical (unpaired) electrons. The summed E-state index contributed by atoms with van der Waals surface area (Å²) in [6.07, 6.45) is 2.55. The van der Waals surface area contributed by atoms with E-state index in [2.05, 4.69) is 11.4 Å². The molecule has 1 saturated carbocycles. The number of rotatable bonds is 3. The summed E-state index contributed by atoms with van der Waals surface area (Å²) in [5, 5.41) is 12.2. The van der Waals surface area contributed by atoms with Gasteiger partial charge in [0.25, 0.3) is 0 Å². The van der Waals surface area contributed by atoms with Crippen molar-refractivity contribution in [1.82, 2.24) is 10.2 Å². The van der Waals surface area contributed by atoms with E-state index in [0.717, 1.165) is 24.8 Å². The van der Waals surface area contributed by atoms with E-state index in [1.165, 1.54) is 5.56 Å². The van der Waals surface area contributed by atoms with Crippen molar-refractivity contribution in [2.45, 2.75) is 38.3 Å². The minimum Gasteiger partial charge on any atom is -0.480 e. The lowest BCUT2D eigenvalue weighted by Gasteiger charge is -2.33. The highest BCUT2D eigenvalue weighted by molar-refractivity contribution is 5.86. The van der Waals surface area contributed by atoms with Crippen molar-refractivity contribution in [3.05, 3.63) is 35.4 Å². The van der Waals surface area contributed by atoms with Crippen molar-refractivity contribution in [3.8, 4) is 0 Å². The predicted molar refractivity (Wildman–Crippen MR) is 77.9 cm³/mol. The number of carbonyl (C=O) groups excluding carboxylic acids is 1. The molecule has 0 spiro atoms. The number of carboxylic acids is 1. The van der Waals surface area contributed by atoms with Gasteiger partial charge in [0.1, 0.15) is 5.54 Å². The van der Waals surface area contributed by atoms with Gasteiger partial charge in [0, 0.05) is 13.1 Å². The van der Waals surface area contributed by atoms with Gasteiger partial charge < -0.3 is 15.3 Å². The lowest BCUT2D eigenvalue weighted by atomic mass is 9.96. The van der Waals surface area contributed by atoms with Crippen LogP contribution >= 0.6 is 0 Å². The molecule has 2 N–H and O–H groups in total. The fourth-order valence-electron chi connectivity index (χ4n) is 2.96. The highest BCUT2D eigenvalue weighted by Gasteiger charge is 2.49. The standard InChI is InChI=1S/C16H20N2O3/c1-16(14(19)20,13-6-7-13)17-15(21)18-9-8-11-4-2-3-5-12(11)10-18/h2-5,13H,6-10H2,1H3,(H,17,21)(H,19,20). The molecule has 0 aromatic heterocycles. The quantitative estimate of drug-likeness (QED) is 0.894. The van der Waals surface area contributed by atoms with Crippen molar-refractivity contribution >= 4 is 12.0 Å². The molecule has 0 bridgehead atoms. The van der Waals surface area contributed by atoms with Crippen molar-refractivity contribution in [2.75, 3.05) is 6.54 Å². The van der Waals surface area contributed by atoms with Crippen LogP contribution < -0.4 is 5.32 Å². The van der Waals surface area contributed by atoms with Crippen LogP contribution in [0.4, 0.5) is 4.79 Å². The fourth-order valence-corrected chi connectivity index (χ4v) is 2.96. The number of hydrogen-bond donors (Lipinski definition) is 2. The van der Waals surface area contributed by atoms with Crippen LogP contribution in [-0.4, -0.2) is 34.1 Å². The van der Waals surface area contributed by atoms with Gasteiger partial charge in [0.15, 0.2) is 0 Å². The Morgan fingerprint density at radius 2 is 1.95 bits per heavy atom. The predicted octanol–water partition coefficient (Wildman–Crippen LogP) is 2.01. The van der Waals surface area contributed by atoms with E-state index in [1.54, 1.807) is 11.8 Å². The zero-order valence-electron chi connectivity index (χ0n) is 12.1. The SMILES string of the molecule is CC(NC(=O)N1CCc2ccccc2C1)(C(=O)O)C1CC1. The molecule has 1 aliphatic heterocycles. The molecule has 1 fully saturated rings. The number of aliphatic carboxylic acids is 1. The number of urea groups is 1. The summed E-state index contributed by atoms with van der Waals surface area (Å²) < 4.78 is 0. The Bertz CT molecular complexity index is 583. The summed E-state index contributed by atoms with van der Waals surface area (Å²) >= 11 is 0. The molecule has 1 atom stereocenters. The highest BCUT2D eigenvalue weighted by Crippen LogP contribution is 2.39. The van der Waals surface area contributed by atoms with Crippen LogP contribution in [0.1, 0.15) is 30.9 Å². The van der Waals surface area contributed by atoms with E-state index in [-0.39, 0.29) is 11.9 Å².